The summed E-state index contributed by atoms with van der Waals surface area (Å²) in [6.07, 6.45) is 10.2. The molecule has 1 N–H and O–H groups in total. The fraction of sp³-hybridized carbons (Fsp3) is 0.476. The summed E-state index contributed by atoms with van der Waals surface area (Å²) in [6.45, 7) is 0.682. The minimum absolute atomic E-state index is 0.000743. The van der Waals surface area contributed by atoms with E-state index in [1.807, 2.05) is 4.57 Å². The Hall–Kier alpha value is -2.15. The monoisotopic (exact) mass is 400 g/mol. The van der Waals surface area contributed by atoms with Crippen LogP contribution in [-0.4, -0.2) is 33.0 Å². The predicted molar refractivity (Wildman–Crippen MR) is 109 cm³/mol. The Bertz CT molecular complexity index is 875. The lowest BCUT2D eigenvalue weighted by Crippen LogP contribution is -2.26. The van der Waals surface area contributed by atoms with E-state index in [2.05, 4.69) is 21.6 Å². The number of hydrogen-bond acceptors (Lipinski definition) is 4. The molecule has 0 aliphatic heterocycles. The molecule has 4 rings (SSSR count). The number of amides is 1. The standard InChI is InChI=1S/C21H25FN4OS/c22-18-9-5-4-8-17(18)20-24-25-21(26(20)16-10-11-16)28-14-19(27)23-13-12-15-6-2-1-3-7-15/h4-6,8-9,16H,1-3,7,10-14H2,(H,23,27). The Balaban J connectivity index is 1.35. The number of carbonyl (C=O) groups excluding carboxylic acids is 1. The number of carbonyl (C=O) groups is 1. The van der Waals surface area contributed by atoms with Gasteiger partial charge in [-0.25, -0.2) is 4.39 Å². The molecular formula is C21H25FN4OS. The van der Waals surface area contributed by atoms with Crippen molar-refractivity contribution in [2.24, 2.45) is 0 Å². The van der Waals surface area contributed by atoms with E-state index in [0.717, 1.165) is 25.7 Å². The normalized spacial score (nSPS) is 16.7. The molecule has 2 aliphatic rings. The fourth-order valence-electron chi connectivity index (χ4n) is 3.54. The Kier molecular flexibility index (Phi) is 6.10. The van der Waals surface area contributed by atoms with E-state index in [0.29, 0.717) is 34.9 Å². The van der Waals surface area contributed by atoms with Crippen LogP contribution in [0.1, 0.15) is 51.0 Å². The third kappa shape index (κ3) is 4.63. The molecule has 2 aromatic rings. The van der Waals surface area contributed by atoms with Gasteiger partial charge in [-0.1, -0.05) is 35.5 Å². The topological polar surface area (TPSA) is 59.8 Å². The number of benzene rings is 1. The summed E-state index contributed by atoms with van der Waals surface area (Å²) in [7, 11) is 0. The fourth-order valence-corrected chi connectivity index (χ4v) is 4.37. The summed E-state index contributed by atoms with van der Waals surface area (Å²) < 4.78 is 16.2. The average molecular weight is 401 g/mol. The highest BCUT2D eigenvalue weighted by molar-refractivity contribution is 7.99. The van der Waals surface area contributed by atoms with Crippen molar-refractivity contribution in [2.45, 2.75) is 56.1 Å². The highest BCUT2D eigenvalue weighted by Gasteiger charge is 2.31. The maximum atomic E-state index is 14.2. The summed E-state index contributed by atoms with van der Waals surface area (Å²) >= 11 is 1.37. The molecule has 0 saturated heterocycles. The van der Waals surface area contributed by atoms with Gasteiger partial charge in [-0.2, -0.15) is 0 Å². The highest BCUT2D eigenvalue weighted by Crippen LogP contribution is 2.41. The summed E-state index contributed by atoms with van der Waals surface area (Å²) in [4.78, 5) is 12.2. The second-order valence-electron chi connectivity index (χ2n) is 7.38. The molecular weight excluding hydrogens is 375 g/mol. The van der Waals surface area contributed by atoms with Crippen molar-refractivity contribution in [3.63, 3.8) is 0 Å². The van der Waals surface area contributed by atoms with E-state index in [1.54, 1.807) is 18.2 Å². The SMILES string of the molecule is O=C(CSc1nnc(-c2ccccc2F)n1C1CC1)NCCC1=CCCCC1. The van der Waals surface area contributed by atoms with Gasteiger partial charge in [0, 0.05) is 12.6 Å². The lowest BCUT2D eigenvalue weighted by Gasteiger charge is -2.13. The van der Waals surface area contributed by atoms with Crippen LogP contribution >= 0.6 is 11.8 Å². The first kappa shape index (κ1) is 19.2. The molecule has 0 unspecified atom stereocenters. The van der Waals surface area contributed by atoms with Crippen LogP contribution < -0.4 is 5.32 Å². The zero-order valence-corrected chi connectivity index (χ0v) is 16.7. The zero-order chi connectivity index (χ0) is 19.3. The van der Waals surface area contributed by atoms with Crippen molar-refractivity contribution in [3.05, 3.63) is 41.7 Å². The molecule has 5 nitrogen and oxygen atoms in total. The van der Waals surface area contributed by atoms with Crippen LogP contribution in [0.5, 0.6) is 0 Å². The molecule has 1 fully saturated rings. The highest BCUT2D eigenvalue weighted by atomic mass is 32.2. The van der Waals surface area contributed by atoms with E-state index in [9.17, 15) is 9.18 Å². The largest absolute Gasteiger partial charge is 0.355 e. The van der Waals surface area contributed by atoms with Crippen molar-refractivity contribution in [2.75, 3.05) is 12.3 Å². The van der Waals surface area contributed by atoms with Crippen molar-refractivity contribution in [3.8, 4) is 11.4 Å². The summed E-state index contributed by atoms with van der Waals surface area (Å²) in [6, 6.07) is 6.92. The first-order chi connectivity index (χ1) is 13.7. The van der Waals surface area contributed by atoms with Crippen LogP contribution in [0, 0.1) is 5.82 Å². The first-order valence-electron chi connectivity index (χ1n) is 9.99. The van der Waals surface area contributed by atoms with Gasteiger partial charge in [0.1, 0.15) is 5.82 Å². The molecule has 1 saturated carbocycles. The van der Waals surface area contributed by atoms with E-state index < -0.39 is 0 Å². The number of aromatic nitrogens is 3. The lowest BCUT2D eigenvalue weighted by atomic mass is 9.97. The summed E-state index contributed by atoms with van der Waals surface area (Å²) in [5.74, 6) is 0.538. The lowest BCUT2D eigenvalue weighted by molar-refractivity contribution is -0.118. The zero-order valence-electron chi connectivity index (χ0n) is 15.9. The van der Waals surface area contributed by atoms with E-state index in [1.165, 1.54) is 42.7 Å². The summed E-state index contributed by atoms with van der Waals surface area (Å²) in [5, 5.41) is 12.1. The van der Waals surface area contributed by atoms with Gasteiger partial charge in [-0.15, -0.1) is 10.2 Å². The maximum Gasteiger partial charge on any atom is 0.230 e. The Morgan fingerprint density at radius 1 is 1.25 bits per heavy atom. The predicted octanol–water partition coefficient (Wildman–Crippen LogP) is 4.52. The molecule has 1 amide bonds. The van der Waals surface area contributed by atoms with Crippen molar-refractivity contribution in [1.82, 2.24) is 20.1 Å². The summed E-state index contributed by atoms with van der Waals surface area (Å²) in [5.41, 5.74) is 1.92. The number of rotatable bonds is 8. The van der Waals surface area contributed by atoms with Crippen molar-refractivity contribution < 1.29 is 9.18 Å². The molecule has 148 valence electrons. The van der Waals surface area contributed by atoms with E-state index >= 15 is 0 Å². The number of hydrogen-bond donors (Lipinski definition) is 1. The molecule has 7 heteroatoms. The van der Waals surface area contributed by atoms with Gasteiger partial charge in [0.25, 0.3) is 0 Å². The van der Waals surface area contributed by atoms with Crippen LogP contribution in [0.2, 0.25) is 0 Å². The van der Waals surface area contributed by atoms with Crippen LogP contribution in [0.3, 0.4) is 0 Å². The second-order valence-corrected chi connectivity index (χ2v) is 8.33. The molecule has 0 radical (unpaired) electrons. The van der Waals surface area contributed by atoms with Crippen LogP contribution in [0.4, 0.5) is 4.39 Å². The Morgan fingerprint density at radius 2 is 2.11 bits per heavy atom. The maximum absolute atomic E-state index is 14.2. The van der Waals surface area contributed by atoms with Crippen molar-refractivity contribution in [1.29, 1.82) is 0 Å². The van der Waals surface area contributed by atoms with E-state index in [4.69, 9.17) is 0 Å². The van der Waals surface area contributed by atoms with E-state index in [-0.39, 0.29) is 11.7 Å². The van der Waals surface area contributed by atoms with Gasteiger partial charge in [0.2, 0.25) is 5.91 Å². The van der Waals surface area contributed by atoms with Gasteiger partial charge in [0.05, 0.1) is 11.3 Å². The molecule has 2 aliphatic carbocycles. The molecule has 0 atom stereocenters. The molecule has 1 aromatic carbocycles. The van der Waals surface area contributed by atoms with Gasteiger partial charge in [0.15, 0.2) is 11.0 Å². The van der Waals surface area contributed by atoms with Gasteiger partial charge < -0.3 is 5.32 Å². The number of allylic oxidation sites excluding steroid dienone is 1. The van der Waals surface area contributed by atoms with Gasteiger partial charge in [-0.3, -0.25) is 9.36 Å². The second kappa shape index (κ2) is 8.90. The smallest absolute Gasteiger partial charge is 0.230 e. The van der Waals surface area contributed by atoms with Crippen molar-refractivity contribution >= 4 is 17.7 Å². The van der Waals surface area contributed by atoms with Crippen LogP contribution in [0.15, 0.2) is 41.1 Å². The Labute approximate surface area is 168 Å². The Morgan fingerprint density at radius 3 is 2.86 bits per heavy atom. The molecule has 0 spiro atoms. The van der Waals surface area contributed by atoms with Crippen LogP contribution in [-0.2, 0) is 4.79 Å². The molecule has 1 heterocycles. The average Bonchev–Trinajstić information content (AvgIpc) is 3.47. The number of nitrogens with zero attached hydrogens (tertiary/aromatic N) is 3. The van der Waals surface area contributed by atoms with Gasteiger partial charge in [-0.05, 0) is 57.1 Å². The first-order valence-corrected chi connectivity index (χ1v) is 11.0. The minimum atomic E-state index is -0.303. The van der Waals surface area contributed by atoms with Crippen LogP contribution in [0.25, 0.3) is 11.4 Å². The van der Waals surface area contributed by atoms with Gasteiger partial charge >= 0.3 is 0 Å². The number of thioether (sulfide) groups is 1. The quantitative estimate of drug-likeness (QED) is 0.523. The third-order valence-corrected chi connectivity index (χ3v) is 6.12. The minimum Gasteiger partial charge on any atom is -0.355 e. The molecule has 28 heavy (non-hydrogen) atoms. The number of nitrogens with one attached hydrogen (secondary N) is 1. The molecule has 0 bridgehead atoms. The third-order valence-electron chi connectivity index (χ3n) is 5.18. The number of halogens is 1. The molecule has 1 aromatic heterocycles.